The van der Waals surface area contributed by atoms with Crippen LogP contribution in [-0.2, 0) is 23.8 Å². The van der Waals surface area contributed by atoms with Gasteiger partial charge in [0, 0.05) is 35.5 Å². The second kappa shape index (κ2) is 12.1. The number of rotatable bonds is 8. The zero-order valence-corrected chi connectivity index (χ0v) is 21.8. The fourth-order valence-corrected chi connectivity index (χ4v) is 4.27. The average molecular weight is 521 g/mol. The van der Waals surface area contributed by atoms with E-state index in [2.05, 4.69) is 27.5 Å². The Morgan fingerprint density at radius 1 is 1.16 bits per heavy atom. The molecular weight excluding hydrogens is 488 g/mol. The third-order valence-corrected chi connectivity index (χ3v) is 5.80. The van der Waals surface area contributed by atoms with Crippen molar-refractivity contribution in [3.63, 3.8) is 0 Å². The van der Waals surface area contributed by atoms with Crippen molar-refractivity contribution in [3.05, 3.63) is 42.1 Å². The van der Waals surface area contributed by atoms with Gasteiger partial charge in [0.2, 0.25) is 11.8 Å². The van der Waals surface area contributed by atoms with Crippen molar-refractivity contribution < 1.29 is 28.6 Å². The number of piperidine rings is 1. The van der Waals surface area contributed by atoms with E-state index in [9.17, 15) is 14.4 Å². The summed E-state index contributed by atoms with van der Waals surface area (Å²) in [4.78, 5) is 40.5. The van der Waals surface area contributed by atoms with E-state index in [1.807, 2.05) is 34.9 Å². The lowest BCUT2D eigenvalue weighted by Crippen LogP contribution is -2.41. The minimum atomic E-state index is -0.535. The molecule has 1 aliphatic rings. The maximum Gasteiger partial charge on any atom is 0.407 e. The van der Waals surface area contributed by atoms with Crippen LogP contribution in [0.3, 0.4) is 0 Å². The Morgan fingerprint density at radius 3 is 2.74 bits per heavy atom. The molecule has 3 amide bonds. The van der Waals surface area contributed by atoms with Crippen LogP contribution in [0.4, 0.5) is 4.79 Å². The van der Waals surface area contributed by atoms with Crippen molar-refractivity contribution in [3.8, 4) is 11.8 Å². The van der Waals surface area contributed by atoms with Crippen LogP contribution in [-0.4, -0.2) is 66.0 Å². The Kier molecular flexibility index (Phi) is 8.61. The maximum absolute atomic E-state index is 12.7. The first-order chi connectivity index (χ1) is 18.2. The molecule has 10 heteroatoms. The summed E-state index contributed by atoms with van der Waals surface area (Å²) in [6.45, 7) is 7.06. The molecule has 200 valence electrons. The molecule has 1 unspecified atom stereocenters. The monoisotopic (exact) mass is 520 g/mol. The third kappa shape index (κ3) is 6.68. The van der Waals surface area contributed by atoms with Crippen LogP contribution in [0.1, 0.15) is 45.2 Å². The highest BCUT2D eigenvalue weighted by molar-refractivity contribution is 6.11. The largest absolute Gasteiger partial charge is 0.444 e. The molecule has 3 aromatic rings. The van der Waals surface area contributed by atoms with Crippen LogP contribution in [0.15, 0.2) is 36.5 Å². The summed E-state index contributed by atoms with van der Waals surface area (Å²) in [5.74, 6) is 5.63. The van der Waals surface area contributed by atoms with E-state index in [-0.39, 0.29) is 24.8 Å². The Morgan fingerprint density at radius 2 is 1.95 bits per heavy atom. The van der Waals surface area contributed by atoms with Gasteiger partial charge in [-0.25, -0.2) is 9.78 Å². The van der Waals surface area contributed by atoms with E-state index in [0.717, 1.165) is 21.9 Å². The molecule has 2 N–H and O–H groups in total. The molecule has 1 saturated heterocycles. The van der Waals surface area contributed by atoms with Gasteiger partial charge in [-0.3, -0.25) is 14.9 Å². The molecule has 1 aromatic carbocycles. The predicted molar refractivity (Wildman–Crippen MR) is 141 cm³/mol. The van der Waals surface area contributed by atoms with Crippen molar-refractivity contribution in [1.29, 1.82) is 0 Å². The summed E-state index contributed by atoms with van der Waals surface area (Å²) in [6, 6.07) is 9.11. The van der Waals surface area contributed by atoms with Crippen LogP contribution in [0.5, 0.6) is 0 Å². The number of aromatic nitrogens is 2. The first-order valence-corrected chi connectivity index (χ1v) is 12.6. The lowest BCUT2D eigenvalue weighted by atomic mass is 10.1. The molecule has 0 spiro atoms. The van der Waals surface area contributed by atoms with Crippen LogP contribution in [0.25, 0.3) is 21.9 Å². The molecular formula is C28H32N4O6. The van der Waals surface area contributed by atoms with E-state index in [4.69, 9.17) is 14.2 Å². The van der Waals surface area contributed by atoms with E-state index >= 15 is 0 Å². The van der Waals surface area contributed by atoms with Gasteiger partial charge in [-0.2, -0.15) is 0 Å². The van der Waals surface area contributed by atoms with Crippen molar-refractivity contribution >= 4 is 39.8 Å². The first kappa shape index (κ1) is 27.1. The van der Waals surface area contributed by atoms with Gasteiger partial charge >= 0.3 is 6.09 Å². The number of hydrogen-bond donors (Lipinski definition) is 2. The number of hydrogen-bond acceptors (Lipinski definition) is 7. The summed E-state index contributed by atoms with van der Waals surface area (Å²) in [5.41, 5.74) is 1.77. The molecule has 1 fully saturated rings. The summed E-state index contributed by atoms with van der Waals surface area (Å²) in [7, 11) is 0. The van der Waals surface area contributed by atoms with Gasteiger partial charge in [0.1, 0.15) is 23.9 Å². The van der Waals surface area contributed by atoms with Crippen molar-refractivity contribution in [1.82, 2.24) is 20.2 Å². The average Bonchev–Trinajstić information content (AvgIpc) is 3.19. The molecule has 1 atom stereocenters. The molecule has 2 aromatic heterocycles. The van der Waals surface area contributed by atoms with Gasteiger partial charge in [0.25, 0.3) is 0 Å². The van der Waals surface area contributed by atoms with E-state index in [1.165, 1.54) is 0 Å². The number of nitrogens with one attached hydrogen (secondary N) is 2. The van der Waals surface area contributed by atoms with E-state index in [0.29, 0.717) is 38.4 Å². The van der Waals surface area contributed by atoms with Crippen molar-refractivity contribution in [2.75, 3.05) is 33.0 Å². The zero-order chi connectivity index (χ0) is 27.1. The number of fused-ring (bicyclic) bond motifs is 3. The van der Waals surface area contributed by atoms with Crippen molar-refractivity contribution in [2.24, 2.45) is 0 Å². The zero-order valence-electron chi connectivity index (χ0n) is 21.8. The lowest BCUT2D eigenvalue weighted by molar-refractivity contribution is -0.135. The topological polar surface area (TPSA) is 121 Å². The number of nitrogens with zero attached hydrogens (tertiary/aromatic N) is 2. The highest BCUT2D eigenvalue weighted by Crippen LogP contribution is 2.34. The smallest absolute Gasteiger partial charge is 0.407 e. The molecule has 0 aliphatic carbocycles. The van der Waals surface area contributed by atoms with Gasteiger partial charge in [-0.15, -0.1) is 0 Å². The molecule has 0 radical (unpaired) electrons. The number of benzene rings is 1. The van der Waals surface area contributed by atoms with Gasteiger partial charge in [0.15, 0.2) is 0 Å². The second-order valence-corrected chi connectivity index (χ2v) is 9.81. The fourth-order valence-electron chi connectivity index (χ4n) is 4.27. The molecule has 0 bridgehead atoms. The third-order valence-electron chi connectivity index (χ3n) is 5.80. The normalized spacial score (nSPS) is 15.7. The van der Waals surface area contributed by atoms with Crippen LogP contribution >= 0.6 is 0 Å². The summed E-state index contributed by atoms with van der Waals surface area (Å²) in [6.07, 6.45) is 1.90. The second-order valence-electron chi connectivity index (χ2n) is 9.81. The minimum absolute atomic E-state index is 0.217. The molecule has 4 rings (SSSR count). The van der Waals surface area contributed by atoms with Crippen molar-refractivity contribution in [2.45, 2.75) is 45.3 Å². The number of para-hydroxylation sites is 1. The van der Waals surface area contributed by atoms with Gasteiger partial charge < -0.3 is 24.1 Å². The fraction of sp³-hybridized carbons (Fsp3) is 0.429. The lowest BCUT2D eigenvalue weighted by Gasteiger charge is -2.23. The summed E-state index contributed by atoms with van der Waals surface area (Å²) >= 11 is 0. The van der Waals surface area contributed by atoms with Crippen LogP contribution in [0.2, 0.25) is 0 Å². The quantitative estimate of drug-likeness (QED) is 0.266. The van der Waals surface area contributed by atoms with E-state index < -0.39 is 17.7 Å². The Labute approximate surface area is 221 Å². The molecule has 1 aliphatic heterocycles. The number of carbonyl (C=O) groups is 3. The highest BCUT2D eigenvalue weighted by Gasteiger charge is 2.31. The number of pyridine rings is 1. The standard InChI is InChI=1S/C28H32N4O6/c1-28(2,3)38-27(35)30-14-16-37-18-17-36-15-6-7-19-12-13-29-25-24(19)20-8-4-5-9-21(20)32(25)22-10-11-23(33)31-26(22)34/h4-5,8-9,12-13,22H,10-11,14-18H2,1-3H3,(H,30,35)(H,31,33,34). The van der Waals surface area contributed by atoms with Crippen LogP contribution < -0.4 is 10.6 Å². The number of imide groups is 1. The SMILES string of the molecule is CC(C)(C)OC(=O)NCCOCCOCC#Cc1ccnc2c1c1ccccc1n2C1CCC(=O)NC1=O. The summed E-state index contributed by atoms with van der Waals surface area (Å²) in [5, 5.41) is 6.87. The number of ether oxygens (including phenoxy) is 3. The molecule has 10 nitrogen and oxygen atoms in total. The number of alkyl carbamates (subject to hydrolysis) is 1. The Balaban J connectivity index is 1.34. The summed E-state index contributed by atoms with van der Waals surface area (Å²) < 4.78 is 18.1. The number of amides is 3. The molecule has 38 heavy (non-hydrogen) atoms. The van der Waals surface area contributed by atoms with Crippen LogP contribution in [0, 0.1) is 11.8 Å². The Bertz CT molecular complexity index is 1400. The minimum Gasteiger partial charge on any atom is -0.444 e. The first-order valence-electron chi connectivity index (χ1n) is 12.6. The highest BCUT2D eigenvalue weighted by atomic mass is 16.6. The molecule has 0 saturated carbocycles. The Hall–Kier alpha value is -3.94. The maximum atomic E-state index is 12.7. The molecule has 3 heterocycles. The van der Waals surface area contributed by atoms with Gasteiger partial charge in [0.05, 0.1) is 25.3 Å². The van der Waals surface area contributed by atoms with Gasteiger partial charge in [-0.05, 0) is 39.3 Å². The predicted octanol–water partition coefficient (Wildman–Crippen LogP) is 3.08. The number of carbonyl (C=O) groups excluding carboxylic acids is 3. The van der Waals surface area contributed by atoms with E-state index in [1.54, 1.807) is 27.0 Å². The van der Waals surface area contributed by atoms with Gasteiger partial charge in [-0.1, -0.05) is 30.0 Å².